The van der Waals surface area contributed by atoms with E-state index in [9.17, 15) is 45.3 Å². The molecule has 0 saturated carbocycles. The molecule has 0 spiro atoms. The van der Waals surface area contributed by atoms with Crippen molar-refractivity contribution >= 4 is 11.9 Å². The van der Waals surface area contributed by atoms with E-state index >= 15 is 0 Å². The van der Waals surface area contributed by atoms with E-state index in [1.54, 1.807) is 0 Å². The van der Waals surface area contributed by atoms with Gasteiger partial charge in [0.25, 0.3) is 0 Å². The van der Waals surface area contributed by atoms with Gasteiger partial charge in [0.05, 0.1) is 19.8 Å². The van der Waals surface area contributed by atoms with Gasteiger partial charge in [-0.05, 0) is 70.6 Å². The van der Waals surface area contributed by atoms with Gasteiger partial charge in [-0.15, -0.1) is 0 Å². The van der Waals surface area contributed by atoms with Crippen LogP contribution in [0, 0.1) is 0 Å². The largest absolute Gasteiger partial charge is 0.462 e. The molecule has 7 N–H and O–H groups in total. The number of allylic oxidation sites excluding steroid dienone is 6. The van der Waals surface area contributed by atoms with E-state index in [0.717, 1.165) is 38.5 Å². The Morgan fingerprint density at radius 1 is 0.419 bits per heavy atom. The van der Waals surface area contributed by atoms with Crippen LogP contribution in [0.4, 0.5) is 0 Å². The minimum Gasteiger partial charge on any atom is -0.462 e. The highest BCUT2D eigenvalue weighted by atomic mass is 16.7. The maximum atomic E-state index is 13.0. The Hall–Kier alpha value is -2.28. The Balaban J connectivity index is 1.76. The molecule has 11 atom stereocenters. The molecule has 0 bridgehead atoms. The normalized spacial score (nSPS) is 24.9. The molecule has 74 heavy (non-hydrogen) atoms. The quantitative estimate of drug-likeness (QED) is 0.0171. The molecule has 4 unspecified atom stereocenters. The SMILES string of the molecule is CCCCCCCCCCC/C=C/CCCCC(=O)OC[C@H](CO[C@H]1O[C@@H](CO[C@H]2O[C@@H](CO)[C@@H](O)C(O)C2O)[C@@H](O)C(O)C1O)OC(=O)CCC/C=C/CC/C=C/CCCCCCCCCCCCCCCC. The van der Waals surface area contributed by atoms with Crippen molar-refractivity contribution in [3.8, 4) is 0 Å². The van der Waals surface area contributed by atoms with Crippen LogP contribution in [0.25, 0.3) is 0 Å². The van der Waals surface area contributed by atoms with E-state index in [-0.39, 0.29) is 19.4 Å². The molecule has 0 aliphatic carbocycles. The lowest BCUT2D eigenvalue weighted by Crippen LogP contribution is -2.61. The minimum atomic E-state index is -1.77. The molecule has 15 heteroatoms. The summed E-state index contributed by atoms with van der Waals surface area (Å²) in [6.07, 6.45) is 34.7. The summed E-state index contributed by atoms with van der Waals surface area (Å²) >= 11 is 0. The van der Waals surface area contributed by atoms with Crippen LogP contribution in [-0.2, 0) is 38.0 Å². The zero-order valence-corrected chi connectivity index (χ0v) is 46.1. The molecule has 0 aromatic rings. The second-order valence-corrected chi connectivity index (χ2v) is 20.8. The highest BCUT2D eigenvalue weighted by Gasteiger charge is 2.47. The maximum Gasteiger partial charge on any atom is 0.306 e. The molecule has 0 aromatic carbocycles. The highest BCUT2D eigenvalue weighted by molar-refractivity contribution is 5.70. The second-order valence-electron chi connectivity index (χ2n) is 20.8. The maximum absolute atomic E-state index is 13.0. The Morgan fingerprint density at radius 2 is 0.797 bits per heavy atom. The van der Waals surface area contributed by atoms with Gasteiger partial charge in [-0.3, -0.25) is 9.59 Å². The van der Waals surface area contributed by atoms with E-state index in [2.05, 4.69) is 50.3 Å². The van der Waals surface area contributed by atoms with Crippen LogP contribution < -0.4 is 0 Å². The van der Waals surface area contributed by atoms with Gasteiger partial charge in [-0.1, -0.05) is 185 Å². The molecule has 0 radical (unpaired) electrons. The molecule has 0 aromatic heterocycles. The van der Waals surface area contributed by atoms with Crippen LogP contribution in [0.15, 0.2) is 36.5 Å². The second kappa shape index (κ2) is 45.7. The van der Waals surface area contributed by atoms with Crippen molar-refractivity contribution < 1.29 is 73.8 Å². The van der Waals surface area contributed by atoms with Crippen LogP contribution in [0.2, 0.25) is 0 Å². The lowest BCUT2D eigenvalue weighted by atomic mass is 9.98. The average Bonchev–Trinajstić information content (AvgIpc) is 3.39. The number of aliphatic hydroxyl groups excluding tert-OH is 7. The molecule has 15 nitrogen and oxygen atoms in total. The number of unbranched alkanes of at least 4 members (excludes halogenated alkanes) is 27. The van der Waals surface area contributed by atoms with E-state index in [4.69, 9.17) is 28.4 Å². The Labute approximate surface area is 446 Å². The third kappa shape index (κ3) is 32.5. The molecule has 2 rings (SSSR count). The van der Waals surface area contributed by atoms with Crippen molar-refractivity contribution in [3.05, 3.63) is 36.5 Å². The number of ether oxygens (including phenoxy) is 6. The smallest absolute Gasteiger partial charge is 0.306 e. The van der Waals surface area contributed by atoms with Crippen LogP contribution >= 0.6 is 0 Å². The number of esters is 2. The van der Waals surface area contributed by atoms with Crippen LogP contribution in [0.5, 0.6) is 0 Å². The first-order valence-corrected chi connectivity index (χ1v) is 29.6. The molecule has 432 valence electrons. The zero-order chi connectivity index (χ0) is 53.9. The average molecular weight is 1060 g/mol. The lowest BCUT2D eigenvalue weighted by molar-refractivity contribution is -0.332. The fourth-order valence-electron chi connectivity index (χ4n) is 9.23. The summed E-state index contributed by atoms with van der Waals surface area (Å²) in [5.41, 5.74) is 0. The van der Waals surface area contributed by atoms with Gasteiger partial charge in [-0.25, -0.2) is 0 Å². The summed E-state index contributed by atoms with van der Waals surface area (Å²) < 4.78 is 33.6. The summed E-state index contributed by atoms with van der Waals surface area (Å²) in [4.78, 5) is 25.8. The number of hydrogen-bond acceptors (Lipinski definition) is 15. The molecule has 2 aliphatic heterocycles. The molecule has 2 aliphatic rings. The molecule has 2 heterocycles. The predicted molar refractivity (Wildman–Crippen MR) is 289 cm³/mol. The van der Waals surface area contributed by atoms with Crippen molar-refractivity contribution in [3.63, 3.8) is 0 Å². The van der Waals surface area contributed by atoms with Crippen molar-refractivity contribution in [1.29, 1.82) is 0 Å². The Bertz CT molecular complexity index is 1430. The first-order valence-electron chi connectivity index (χ1n) is 29.6. The Kier molecular flexibility index (Phi) is 41.9. The molecular weight excluding hydrogens is 949 g/mol. The number of rotatable bonds is 47. The van der Waals surface area contributed by atoms with Crippen LogP contribution in [0.3, 0.4) is 0 Å². The molecular formula is C59H106O15. The summed E-state index contributed by atoms with van der Waals surface area (Å²) in [6, 6.07) is 0. The van der Waals surface area contributed by atoms with Crippen molar-refractivity contribution in [2.75, 3.05) is 26.4 Å². The van der Waals surface area contributed by atoms with Crippen molar-refractivity contribution in [2.24, 2.45) is 0 Å². The predicted octanol–water partition coefficient (Wildman–Crippen LogP) is 10.1. The van der Waals surface area contributed by atoms with Crippen LogP contribution in [0.1, 0.15) is 232 Å². The summed E-state index contributed by atoms with van der Waals surface area (Å²) in [6.45, 7) is 2.56. The number of carbonyl (C=O) groups is 2. The fourth-order valence-corrected chi connectivity index (χ4v) is 9.23. The molecule has 2 saturated heterocycles. The standard InChI is InChI=1S/C59H106O15/c1-3-5-7-9-11-13-15-17-19-20-21-22-23-24-25-26-28-30-32-34-36-38-40-42-51(62)72-47(44-69-50(61)41-39-37-35-33-31-29-27-18-16-14-12-10-8-6-4-2)45-70-58-57(68)55(66)53(64)49(74-58)46-71-59-56(67)54(65)52(63)48(43-60)73-59/h26,28,31,33-34,36,47-49,52-60,63-68H,3-25,27,29-30,32,35,37-46H2,1-2H3/b28-26+,33-31+,36-34+/t47-,48+,49+,52-,53-,54?,55?,56?,57?,58+,59+/m1/s1. The summed E-state index contributed by atoms with van der Waals surface area (Å²) in [5.74, 6) is -0.993. The Morgan fingerprint density at radius 3 is 1.27 bits per heavy atom. The van der Waals surface area contributed by atoms with Crippen molar-refractivity contribution in [1.82, 2.24) is 0 Å². The van der Waals surface area contributed by atoms with Gasteiger partial charge in [-0.2, -0.15) is 0 Å². The number of hydrogen-bond donors (Lipinski definition) is 7. The first-order chi connectivity index (χ1) is 36.0. The van der Waals surface area contributed by atoms with E-state index in [1.807, 2.05) is 0 Å². The third-order valence-electron chi connectivity index (χ3n) is 14.1. The minimum absolute atomic E-state index is 0.103. The van der Waals surface area contributed by atoms with Gasteiger partial charge in [0.15, 0.2) is 18.7 Å². The van der Waals surface area contributed by atoms with Gasteiger partial charge < -0.3 is 64.2 Å². The third-order valence-corrected chi connectivity index (χ3v) is 14.1. The monoisotopic (exact) mass is 1050 g/mol. The van der Waals surface area contributed by atoms with E-state index in [1.165, 1.54) is 148 Å². The van der Waals surface area contributed by atoms with Gasteiger partial charge in [0.2, 0.25) is 0 Å². The number of aliphatic hydroxyl groups is 7. The number of carbonyl (C=O) groups excluding carboxylic acids is 2. The van der Waals surface area contributed by atoms with Gasteiger partial charge in [0.1, 0.15) is 55.4 Å². The fraction of sp³-hybridized carbons (Fsp3) is 0.864. The topological polar surface area (TPSA) is 231 Å². The van der Waals surface area contributed by atoms with Crippen LogP contribution in [-0.4, -0.2) is 142 Å². The van der Waals surface area contributed by atoms with Gasteiger partial charge >= 0.3 is 11.9 Å². The van der Waals surface area contributed by atoms with Gasteiger partial charge in [0, 0.05) is 12.8 Å². The summed E-state index contributed by atoms with van der Waals surface area (Å²) in [7, 11) is 0. The summed E-state index contributed by atoms with van der Waals surface area (Å²) in [5, 5.41) is 72.2. The first kappa shape index (κ1) is 67.8. The van der Waals surface area contributed by atoms with Crippen molar-refractivity contribution in [2.45, 2.75) is 300 Å². The van der Waals surface area contributed by atoms with E-state index in [0.29, 0.717) is 19.3 Å². The lowest BCUT2D eigenvalue weighted by Gasteiger charge is -2.42. The molecule has 2 fully saturated rings. The van der Waals surface area contributed by atoms with E-state index < -0.39 is 99.3 Å². The zero-order valence-electron chi connectivity index (χ0n) is 46.1. The molecule has 0 amide bonds. The highest BCUT2D eigenvalue weighted by Crippen LogP contribution is 2.27.